The van der Waals surface area contributed by atoms with Crippen LogP contribution in [0.15, 0.2) is 41.0 Å². The molecule has 0 fully saturated rings. The Morgan fingerprint density at radius 1 is 1.40 bits per heavy atom. The highest BCUT2D eigenvalue weighted by atomic mass is 79.9. The number of pyridine rings is 1. The zero-order chi connectivity index (χ0) is 14.5. The predicted octanol–water partition coefficient (Wildman–Crippen LogP) is 3.37. The fourth-order valence-corrected chi connectivity index (χ4v) is 1.88. The maximum absolute atomic E-state index is 10.9. The maximum atomic E-state index is 10.9. The molecule has 0 saturated heterocycles. The number of hydrogen-bond donors (Lipinski definition) is 1. The summed E-state index contributed by atoms with van der Waals surface area (Å²) in [6, 6.07) is 8.49. The Balaban J connectivity index is 2.11. The molecule has 104 valence electrons. The smallest absolute Gasteiger partial charge is 0.312 e. The highest BCUT2D eigenvalue weighted by Gasteiger charge is 2.14. The molecular weight excluding hydrogens is 326 g/mol. The van der Waals surface area contributed by atoms with E-state index >= 15 is 0 Å². The van der Waals surface area contributed by atoms with E-state index in [9.17, 15) is 10.1 Å². The minimum atomic E-state index is -0.470. The third-order valence-corrected chi connectivity index (χ3v) is 3.11. The van der Waals surface area contributed by atoms with Crippen LogP contribution in [0, 0.1) is 10.1 Å². The number of nitro benzene ring substituents is 1. The van der Waals surface area contributed by atoms with E-state index in [-0.39, 0.29) is 11.4 Å². The molecular formula is C13H12BrN3O3. The van der Waals surface area contributed by atoms with Gasteiger partial charge in [-0.1, -0.05) is 0 Å². The van der Waals surface area contributed by atoms with Crippen LogP contribution >= 0.6 is 15.9 Å². The van der Waals surface area contributed by atoms with Gasteiger partial charge in [0.1, 0.15) is 0 Å². The molecule has 0 unspecified atom stereocenters. The van der Waals surface area contributed by atoms with Gasteiger partial charge in [-0.25, -0.2) is 0 Å². The molecule has 0 spiro atoms. The van der Waals surface area contributed by atoms with Gasteiger partial charge in [0.25, 0.3) is 0 Å². The lowest BCUT2D eigenvalue weighted by atomic mass is 10.2. The quantitative estimate of drug-likeness (QED) is 0.668. The third kappa shape index (κ3) is 3.45. The number of methoxy groups -OCH3 is 1. The van der Waals surface area contributed by atoms with Crippen molar-refractivity contribution in [2.75, 3.05) is 12.4 Å². The van der Waals surface area contributed by atoms with E-state index in [1.165, 1.54) is 13.2 Å². The molecule has 1 heterocycles. The van der Waals surface area contributed by atoms with Crippen molar-refractivity contribution < 1.29 is 9.66 Å². The van der Waals surface area contributed by atoms with E-state index in [1.807, 2.05) is 12.1 Å². The Bertz CT molecular complexity index is 617. The monoisotopic (exact) mass is 337 g/mol. The van der Waals surface area contributed by atoms with Gasteiger partial charge in [-0.3, -0.25) is 15.1 Å². The molecule has 0 aliphatic rings. The van der Waals surface area contributed by atoms with Gasteiger partial charge in [0.15, 0.2) is 5.75 Å². The molecule has 0 saturated carbocycles. The number of hydrogen-bond acceptors (Lipinski definition) is 5. The summed E-state index contributed by atoms with van der Waals surface area (Å²) in [5.41, 5.74) is 1.41. The Labute approximate surface area is 124 Å². The first-order chi connectivity index (χ1) is 9.60. The van der Waals surface area contributed by atoms with E-state index in [2.05, 4.69) is 26.2 Å². The summed E-state index contributed by atoms with van der Waals surface area (Å²) in [6.07, 6.45) is 1.70. The van der Waals surface area contributed by atoms with Crippen LogP contribution in [0.4, 0.5) is 11.4 Å². The summed E-state index contributed by atoms with van der Waals surface area (Å²) in [6.45, 7) is 0.483. The number of nitro groups is 1. The highest BCUT2D eigenvalue weighted by molar-refractivity contribution is 9.10. The van der Waals surface area contributed by atoms with Gasteiger partial charge in [0, 0.05) is 22.4 Å². The second-order valence-electron chi connectivity index (χ2n) is 3.97. The minimum Gasteiger partial charge on any atom is -0.490 e. The van der Waals surface area contributed by atoms with Crippen LogP contribution in [0.3, 0.4) is 0 Å². The van der Waals surface area contributed by atoms with E-state index in [0.717, 1.165) is 10.2 Å². The van der Waals surface area contributed by atoms with Crippen molar-refractivity contribution in [1.29, 1.82) is 0 Å². The van der Waals surface area contributed by atoms with Crippen molar-refractivity contribution in [3.63, 3.8) is 0 Å². The topological polar surface area (TPSA) is 77.3 Å². The van der Waals surface area contributed by atoms with Gasteiger partial charge >= 0.3 is 5.69 Å². The fourth-order valence-electron chi connectivity index (χ4n) is 1.65. The van der Waals surface area contributed by atoms with Crippen LogP contribution in [-0.4, -0.2) is 17.0 Å². The Morgan fingerprint density at radius 2 is 2.20 bits per heavy atom. The Morgan fingerprint density at radius 3 is 2.80 bits per heavy atom. The number of nitrogens with zero attached hydrogens (tertiary/aromatic N) is 2. The summed E-state index contributed by atoms with van der Waals surface area (Å²) >= 11 is 3.31. The third-order valence-electron chi connectivity index (χ3n) is 2.64. The van der Waals surface area contributed by atoms with Crippen LogP contribution in [0.25, 0.3) is 0 Å². The number of ether oxygens (including phenoxy) is 1. The summed E-state index contributed by atoms with van der Waals surface area (Å²) in [4.78, 5) is 14.7. The van der Waals surface area contributed by atoms with Crippen LogP contribution in [0.5, 0.6) is 5.75 Å². The van der Waals surface area contributed by atoms with Crippen molar-refractivity contribution in [1.82, 2.24) is 4.98 Å². The molecule has 0 atom stereocenters. The zero-order valence-electron chi connectivity index (χ0n) is 10.7. The number of benzene rings is 1. The molecule has 0 radical (unpaired) electrons. The molecule has 0 bridgehead atoms. The molecule has 1 aromatic heterocycles. The zero-order valence-corrected chi connectivity index (χ0v) is 12.3. The second-order valence-corrected chi connectivity index (χ2v) is 4.88. The molecule has 6 nitrogen and oxygen atoms in total. The largest absolute Gasteiger partial charge is 0.490 e. The molecule has 7 heteroatoms. The highest BCUT2D eigenvalue weighted by Crippen LogP contribution is 2.29. The number of halogens is 1. The summed E-state index contributed by atoms with van der Waals surface area (Å²) in [5, 5.41) is 14.0. The molecule has 1 N–H and O–H groups in total. The van der Waals surface area contributed by atoms with Crippen LogP contribution in [-0.2, 0) is 6.54 Å². The van der Waals surface area contributed by atoms with Crippen molar-refractivity contribution >= 4 is 27.3 Å². The lowest BCUT2D eigenvalue weighted by Gasteiger charge is -2.07. The molecule has 0 aliphatic carbocycles. The average molecular weight is 338 g/mol. The second kappa shape index (κ2) is 6.33. The number of nitrogens with one attached hydrogen (secondary N) is 1. The number of aromatic nitrogens is 1. The Hall–Kier alpha value is -2.15. The molecule has 2 aromatic rings. The Kier molecular flexibility index (Phi) is 4.52. The maximum Gasteiger partial charge on any atom is 0.312 e. The van der Waals surface area contributed by atoms with E-state index < -0.39 is 4.92 Å². The van der Waals surface area contributed by atoms with Gasteiger partial charge < -0.3 is 10.1 Å². The van der Waals surface area contributed by atoms with E-state index in [1.54, 1.807) is 18.3 Å². The van der Waals surface area contributed by atoms with Crippen molar-refractivity contribution in [3.05, 3.63) is 56.8 Å². The van der Waals surface area contributed by atoms with Crippen molar-refractivity contribution in [2.24, 2.45) is 0 Å². The summed E-state index contributed by atoms with van der Waals surface area (Å²) in [5.74, 6) is 0.238. The van der Waals surface area contributed by atoms with E-state index in [0.29, 0.717) is 12.2 Å². The molecule has 0 amide bonds. The molecule has 20 heavy (non-hydrogen) atoms. The lowest BCUT2D eigenvalue weighted by Crippen LogP contribution is -2.02. The molecule has 2 rings (SSSR count). The summed E-state index contributed by atoms with van der Waals surface area (Å²) in [7, 11) is 1.40. The first kappa shape index (κ1) is 14.3. The summed E-state index contributed by atoms with van der Waals surface area (Å²) < 4.78 is 5.85. The lowest BCUT2D eigenvalue weighted by molar-refractivity contribution is -0.385. The first-order valence-corrected chi connectivity index (χ1v) is 6.56. The first-order valence-electron chi connectivity index (χ1n) is 5.77. The minimum absolute atomic E-state index is 0.0683. The van der Waals surface area contributed by atoms with E-state index in [4.69, 9.17) is 4.74 Å². The average Bonchev–Trinajstić information content (AvgIpc) is 2.46. The van der Waals surface area contributed by atoms with Crippen LogP contribution in [0.2, 0.25) is 0 Å². The van der Waals surface area contributed by atoms with Gasteiger partial charge in [0.2, 0.25) is 0 Å². The van der Waals surface area contributed by atoms with Crippen LogP contribution < -0.4 is 10.1 Å². The fraction of sp³-hybridized carbons (Fsp3) is 0.154. The van der Waals surface area contributed by atoms with Gasteiger partial charge in [0.05, 0.1) is 24.3 Å². The number of anilines is 1. The normalized spacial score (nSPS) is 10.1. The van der Waals surface area contributed by atoms with Gasteiger partial charge in [-0.15, -0.1) is 0 Å². The molecule has 1 aromatic carbocycles. The molecule has 0 aliphatic heterocycles. The van der Waals surface area contributed by atoms with Crippen molar-refractivity contribution in [3.8, 4) is 5.75 Å². The predicted molar refractivity (Wildman–Crippen MR) is 78.9 cm³/mol. The van der Waals surface area contributed by atoms with Crippen molar-refractivity contribution in [2.45, 2.75) is 6.54 Å². The standard InChI is InChI=1S/C13H12BrN3O3/c1-20-13-5-4-10(6-12(13)17(18)19)16-8-11-3-2-9(14)7-15-11/h2-7,16H,8H2,1H3. The van der Waals surface area contributed by atoms with Crippen LogP contribution in [0.1, 0.15) is 5.69 Å². The van der Waals surface area contributed by atoms with Gasteiger partial charge in [-0.2, -0.15) is 0 Å². The van der Waals surface area contributed by atoms with Gasteiger partial charge in [-0.05, 0) is 40.2 Å². The number of rotatable bonds is 5. The SMILES string of the molecule is COc1ccc(NCc2ccc(Br)cn2)cc1[N+](=O)[O-].